The predicted octanol–water partition coefficient (Wildman–Crippen LogP) is 11.3. The van der Waals surface area contributed by atoms with Crippen molar-refractivity contribution < 1.29 is 9.47 Å². The number of hydrogen-bond acceptors (Lipinski definition) is 7. The van der Waals surface area contributed by atoms with Gasteiger partial charge in [-0.25, -0.2) is 19.9 Å². The molecule has 0 amide bonds. The summed E-state index contributed by atoms with van der Waals surface area (Å²) < 4.78 is 11.6. The molecule has 1 aliphatic carbocycles. The summed E-state index contributed by atoms with van der Waals surface area (Å²) >= 11 is 0. The van der Waals surface area contributed by atoms with E-state index in [-0.39, 0.29) is 0 Å². The molecule has 8 aromatic rings. The number of fused-ring (bicyclic) bond motifs is 2. The Balaban J connectivity index is 0.000000152. The van der Waals surface area contributed by atoms with Gasteiger partial charge in [0.15, 0.2) is 11.3 Å². The van der Waals surface area contributed by atoms with E-state index in [9.17, 15) is 0 Å². The number of ether oxygens (including phenoxy) is 2. The minimum atomic E-state index is 0.548. The van der Waals surface area contributed by atoms with E-state index in [0.29, 0.717) is 25.0 Å². The number of rotatable bonds is 10. The Morgan fingerprint density at radius 2 is 0.983 bits per heavy atom. The quantitative estimate of drug-likeness (QED) is 0.142. The molecular formula is C50H51N7O2. The summed E-state index contributed by atoms with van der Waals surface area (Å²) in [7, 11) is 2.19. The number of nitrogens with zero attached hydrogens (tertiary/aromatic N) is 5. The molecule has 4 aromatic carbocycles. The lowest BCUT2D eigenvalue weighted by molar-refractivity contribution is 0.255. The van der Waals surface area contributed by atoms with Crippen LogP contribution in [0.5, 0.6) is 11.5 Å². The first-order chi connectivity index (χ1) is 29.1. The molecule has 0 radical (unpaired) electrons. The topological polar surface area (TPSA) is 105 Å². The highest BCUT2D eigenvalue weighted by atomic mass is 16.5. The summed E-state index contributed by atoms with van der Waals surface area (Å²) in [4.78, 5) is 28.0. The second-order valence-electron chi connectivity index (χ2n) is 16.0. The van der Waals surface area contributed by atoms with Gasteiger partial charge in [-0.2, -0.15) is 0 Å². The molecule has 5 heterocycles. The first-order valence-electron chi connectivity index (χ1n) is 21.0. The molecule has 9 nitrogen and oxygen atoms in total. The van der Waals surface area contributed by atoms with Crippen molar-refractivity contribution in [2.75, 3.05) is 20.1 Å². The molecule has 298 valence electrons. The SMILES string of the molecule is CN1CCC(c2cnc3nc(-c4ccc(COc5ccccc5)cc4)[nH]c3c2)CC1.c1ccc(OCc2ccc(-c3nc4ncc(C5CCCCC5)cc4[nH]3)cc2)cc1. The first kappa shape index (κ1) is 38.2. The van der Waals surface area contributed by atoms with Crippen LogP contribution in [-0.4, -0.2) is 54.9 Å². The van der Waals surface area contributed by atoms with Crippen LogP contribution in [0.1, 0.15) is 79.0 Å². The Kier molecular flexibility index (Phi) is 11.7. The van der Waals surface area contributed by atoms with Gasteiger partial charge in [0.2, 0.25) is 0 Å². The van der Waals surface area contributed by atoms with E-state index >= 15 is 0 Å². The fourth-order valence-corrected chi connectivity index (χ4v) is 8.21. The summed E-state index contributed by atoms with van der Waals surface area (Å²) in [6.45, 7) is 3.40. The van der Waals surface area contributed by atoms with Gasteiger partial charge in [-0.1, -0.05) is 104 Å². The minimum absolute atomic E-state index is 0.548. The van der Waals surface area contributed by atoms with Crippen LogP contribution in [0.2, 0.25) is 0 Å². The zero-order chi connectivity index (χ0) is 39.8. The molecule has 1 aliphatic heterocycles. The van der Waals surface area contributed by atoms with Crippen molar-refractivity contribution in [3.05, 3.63) is 156 Å². The van der Waals surface area contributed by atoms with Crippen molar-refractivity contribution in [3.8, 4) is 34.3 Å². The van der Waals surface area contributed by atoms with Gasteiger partial charge < -0.3 is 24.3 Å². The molecule has 0 spiro atoms. The Bertz CT molecular complexity index is 2560. The Morgan fingerprint density at radius 1 is 0.542 bits per heavy atom. The van der Waals surface area contributed by atoms with Crippen LogP contribution >= 0.6 is 0 Å². The standard InChI is InChI=1S/C25H26N4O.C25H25N3O/c1-29-13-11-19(12-14-29)21-15-23-25(26-16-21)28-24(27-23)20-9-7-18(8-10-20)17-30-22-5-3-2-4-6-22;1-3-7-19(8-4-1)21-15-23-25(26-16-21)28-24(27-23)20-13-11-18(12-14-20)17-29-22-9-5-2-6-10-22/h2-10,15-16,19H,11-14,17H2,1H3,(H,26,27,28);2,5-6,9-16,19H,1,3-4,7-8,17H2,(H,26,27,28). The molecule has 4 aromatic heterocycles. The smallest absolute Gasteiger partial charge is 0.178 e. The number of hydrogen-bond donors (Lipinski definition) is 2. The van der Waals surface area contributed by atoms with Gasteiger partial charge in [0, 0.05) is 23.5 Å². The second kappa shape index (κ2) is 18.1. The van der Waals surface area contributed by atoms with Crippen molar-refractivity contribution in [2.45, 2.75) is 70.0 Å². The molecule has 2 fully saturated rings. The zero-order valence-electron chi connectivity index (χ0n) is 33.7. The van der Waals surface area contributed by atoms with E-state index in [4.69, 9.17) is 19.4 Å². The molecule has 0 bridgehead atoms. The molecule has 9 heteroatoms. The predicted molar refractivity (Wildman–Crippen MR) is 235 cm³/mol. The fourth-order valence-electron chi connectivity index (χ4n) is 8.21. The van der Waals surface area contributed by atoms with Gasteiger partial charge in [-0.05, 0) is 116 Å². The zero-order valence-corrected chi connectivity index (χ0v) is 33.7. The van der Waals surface area contributed by atoms with E-state index < -0.39 is 0 Å². The summed E-state index contributed by atoms with van der Waals surface area (Å²) in [5, 5.41) is 0. The average Bonchev–Trinajstić information content (AvgIpc) is 3.94. The Hall–Kier alpha value is -6.32. The number of aromatic amines is 2. The monoisotopic (exact) mass is 781 g/mol. The lowest BCUT2D eigenvalue weighted by Crippen LogP contribution is -2.29. The first-order valence-corrected chi connectivity index (χ1v) is 21.0. The second-order valence-corrected chi connectivity index (χ2v) is 16.0. The molecule has 1 saturated heterocycles. The summed E-state index contributed by atoms with van der Waals surface area (Å²) in [6, 6.07) is 40.9. The highest BCUT2D eigenvalue weighted by molar-refractivity contribution is 5.77. The lowest BCUT2D eigenvalue weighted by atomic mass is 9.85. The van der Waals surface area contributed by atoms with Gasteiger partial charge in [-0.15, -0.1) is 0 Å². The van der Waals surface area contributed by atoms with Gasteiger partial charge in [0.05, 0.1) is 11.0 Å². The molecular weight excluding hydrogens is 731 g/mol. The van der Waals surface area contributed by atoms with E-state index in [1.807, 2.05) is 73.1 Å². The minimum Gasteiger partial charge on any atom is -0.489 e. The van der Waals surface area contributed by atoms with Crippen LogP contribution < -0.4 is 9.47 Å². The largest absolute Gasteiger partial charge is 0.489 e. The van der Waals surface area contributed by atoms with Crippen LogP contribution in [0.25, 0.3) is 45.1 Å². The third kappa shape index (κ3) is 9.53. The lowest BCUT2D eigenvalue weighted by Gasteiger charge is -2.28. The van der Waals surface area contributed by atoms with Gasteiger partial charge in [-0.3, -0.25) is 0 Å². The summed E-state index contributed by atoms with van der Waals surface area (Å²) in [5.41, 5.74) is 10.6. The molecule has 0 unspecified atom stereocenters. The number of imidazole rings is 2. The van der Waals surface area contributed by atoms with Gasteiger partial charge in [0.1, 0.15) is 36.4 Å². The van der Waals surface area contributed by atoms with Crippen molar-refractivity contribution in [2.24, 2.45) is 0 Å². The van der Waals surface area contributed by atoms with E-state index in [1.54, 1.807) is 0 Å². The molecule has 2 N–H and O–H groups in total. The number of para-hydroxylation sites is 2. The summed E-state index contributed by atoms with van der Waals surface area (Å²) in [6.07, 6.45) is 13.0. The maximum absolute atomic E-state index is 5.83. The van der Waals surface area contributed by atoms with E-state index in [1.165, 1.54) is 56.1 Å². The van der Waals surface area contributed by atoms with Gasteiger partial charge in [0.25, 0.3) is 0 Å². The van der Waals surface area contributed by atoms with Crippen LogP contribution in [0.15, 0.2) is 134 Å². The summed E-state index contributed by atoms with van der Waals surface area (Å²) in [5.74, 6) is 4.72. The van der Waals surface area contributed by atoms with Crippen LogP contribution in [0.4, 0.5) is 0 Å². The molecule has 0 atom stereocenters. The third-order valence-corrected chi connectivity index (χ3v) is 11.7. The van der Waals surface area contributed by atoms with E-state index in [2.05, 4.69) is 92.5 Å². The number of H-pyrrole nitrogens is 2. The number of nitrogens with one attached hydrogen (secondary N) is 2. The normalized spacial score (nSPS) is 15.2. The average molecular weight is 782 g/mol. The number of benzene rings is 4. The fraction of sp³-hybridized carbons (Fsp3) is 0.280. The van der Waals surface area contributed by atoms with Crippen LogP contribution in [0.3, 0.4) is 0 Å². The van der Waals surface area contributed by atoms with Crippen LogP contribution in [-0.2, 0) is 13.2 Å². The van der Waals surface area contributed by atoms with Gasteiger partial charge >= 0.3 is 0 Å². The molecule has 59 heavy (non-hydrogen) atoms. The highest BCUT2D eigenvalue weighted by Crippen LogP contribution is 2.34. The maximum Gasteiger partial charge on any atom is 0.178 e. The number of aromatic nitrogens is 6. The van der Waals surface area contributed by atoms with Crippen molar-refractivity contribution in [1.82, 2.24) is 34.8 Å². The molecule has 1 saturated carbocycles. The maximum atomic E-state index is 5.83. The number of likely N-dealkylation sites (tertiary alicyclic amines) is 1. The van der Waals surface area contributed by atoms with Crippen LogP contribution in [0, 0.1) is 0 Å². The van der Waals surface area contributed by atoms with Crippen molar-refractivity contribution >= 4 is 22.3 Å². The number of piperidine rings is 1. The van der Waals surface area contributed by atoms with E-state index in [0.717, 1.165) is 80.8 Å². The Morgan fingerprint density at radius 3 is 1.44 bits per heavy atom. The molecule has 10 rings (SSSR count). The third-order valence-electron chi connectivity index (χ3n) is 11.7. The number of pyridine rings is 2. The van der Waals surface area contributed by atoms with Crippen molar-refractivity contribution in [3.63, 3.8) is 0 Å². The molecule has 2 aliphatic rings. The Labute approximate surface area is 345 Å². The van der Waals surface area contributed by atoms with Crippen molar-refractivity contribution in [1.29, 1.82) is 0 Å². The highest BCUT2D eigenvalue weighted by Gasteiger charge is 2.20.